The second-order valence-corrected chi connectivity index (χ2v) is 6.35. The molecule has 4 nitrogen and oxygen atoms in total. The lowest BCUT2D eigenvalue weighted by molar-refractivity contribution is 0.00578. The molecule has 0 saturated carbocycles. The Morgan fingerprint density at radius 2 is 1.75 bits per heavy atom. The zero-order valence-electron chi connectivity index (χ0n) is 12.6. The fraction of sp³-hybridized carbons (Fsp3) is 0.571. The van der Waals surface area contributed by atoms with E-state index in [1.165, 1.54) is 0 Å². The third kappa shape index (κ3) is 2.62. The van der Waals surface area contributed by atoms with Crippen molar-refractivity contribution in [1.29, 1.82) is 0 Å². The molecule has 1 aromatic carbocycles. The average Bonchev–Trinajstić information content (AvgIpc) is 2.51. The van der Waals surface area contributed by atoms with Crippen LogP contribution in [0.15, 0.2) is 12.1 Å². The second-order valence-electron chi connectivity index (χ2n) is 5.94. The quantitative estimate of drug-likeness (QED) is 0.688. The van der Waals surface area contributed by atoms with E-state index in [4.69, 9.17) is 31.4 Å². The first kappa shape index (κ1) is 15.5. The molecule has 0 aliphatic carbocycles. The Balaban J connectivity index is 2.44. The smallest absolute Gasteiger partial charge is 0.493 e. The fourth-order valence-corrected chi connectivity index (χ4v) is 2.37. The van der Waals surface area contributed by atoms with E-state index in [9.17, 15) is 0 Å². The molecule has 1 aromatic rings. The monoisotopic (exact) mass is 297 g/mol. The van der Waals surface area contributed by atoms with Gasteiger partial charge >= 0.3 is 7.12 Å². The van der Waals surface area contributed by atoms with Gasteiger partial charge in [0.1, 0.15) is 5.75 Å². The molecule has 20 heavy (non-hydrogen) atoms. The van der Waals surface area contributed by atoms with Crippen LogP contribution in [0.1, 0.15) is 34.6 Å². The van der Waals surface area contributed by atoms with Crippen molar-refractivity contribution in [3.63, 3.8) is 0 Å². The number of halogens is 1. The number of ether oxygens (including phenoxy) is 1. The van der Waals surface area contributed by atoms with Gasteiger partial charge in [0.25, 0.3) is 0 Å². The second kappa shape index (κ2) is 5.13. The van der Waals surface area contributed by atoms with Crippen LogP contribution in [0.5, 0.6) is 5.75 Å². The van der Waals surface area contributed by atoms with Gasteiger partial charge in [0.15, 0.2) is 0 Å². The topological polar surface area (TPSA) is 53.7 Å². The summed E-state index contributed by atoms with van der Waals surface area (Å²) < 4.78 is 17.7. The summed E-state index contributed by atoms with van der Waals surface area (Å²) in [6, 6.07) is 3.46. The molecule has 1 aliphatic rings. The summed E-state index contributed by atoms with van der Waals surface area (Å²) in [6.07, 6.45) is 0. The van der Waals surface area contributed by atoms with E-state index < -0.39 is 18.3 Å². The first-order valence-corrected chi connectivity index (χ1v) is 7.13. The molecule has 0 aromatic heterocycles. The van der Waals surface area contributed by atoms with Gasteiger partial charge in [0.05, 0.1) is 22.8 Å². The van der Waals surface area contributed by atoms with Gasteiger partial charge in [-0.05, 0) is 46.8 Å². The van der Waals surface area contributed by atoms with Crippen molar-refractivity contribution in [3.8, 4) is 5.75 Å². The van der Waals surface area contributed by atoms with Crippen LogP contribution in [-0.4, -0.2) is 24.9 Å². The molecular weight excluding hydrogens is 276 g/mol. The van der Waals surface area contributed by atoms with Crippen molar-refractivity contribution in [3.05, 3.63) is 17.2 Å². The SMILES string of the molecule is CCOc1c(Cl)cc(N)cc1B1OC(C)(C)C(C)(C)O1. The molecule has 0 bridgehead atoms. The molecule has 2 rings (SSSR count). The summed E-state index contributed by atoms with van der Waals surface area (Å²) in [5.74, 6) is 0.571. The summed E-state index contributed by atoms with van der Waals surface area (Å²) in [6.45, 7) is 10.4. The largest absolute Gasteiger partial charge is 0.498 e. The highest BCUT2D eigenvalue weighted by molar-refractivity contribution is 6.64. The summed E-state index contributed by atoms with van der Waals surface area (Å²) in [5, 5.41) is 0.469. The van der Waals surface area contributed by atoms with Crippen LogP contribution >= 0.6 is 11.6 Å². The molecule has 0 spiro atoms. The van der Waals surface area contributed by atoms with Crippen LogP contribution in [-0.2, 0) is 9.31 Å². The Morgan fingerprint density at radius 1 is 1.20 bits per heavy atom. The van der Waals surface area contributed by atoms with Gasteiger partial charge in [-0.1, -0.05) is 11.6 Å². The van der Waals surface area contributed by atoms with Crippen LogP contribution in [0.3, 0.4) is 0 Å². The van der Waals surface area contributed by atoms with Gasteiger partial charge in [-0.15, -0.1) is 0 Å². The number of hydrogen-bond donors (Lipinski definition) is 1. The molecule has 1 heterocycles. The maximum absolute atomic E-state index is 6.22. The highest BCUT2D eigenvalue weighted by Crippen LogP contribution is 2.38. The standard InChI is InChI=1S/C14H21BClNO3/c1-6-18-12-10(7-9(17)8-11(12)16)15-19-13(2,3)14(4,5)20-15/h7-8H,6,17H2,1-5H3. The van der Waals surface area contributed by atoms with E-state index in [0.29, 0.717) is 23.1 Å². The number of benzene rings is 1. The van der Waals surface area contributed by atoms with Crippen LogP contribution in [0.2, 0.25) is 5.02 Å². The van der Waals surface area contributed by atoms with Gasteiger partial charge in [-0.3, -0.25) is 0 Å². The van der Waals surface area contributed by atoms with Gasteiger partial charge in [0.2, 0.25) is 0 Å². The zero-order valence-corrected chi connectivity index (χ0v) is 13.4. The Labute approximate surface area is 125 Å². The highest BCUT2D eigenvalue weighted by Gasteiger charge is 2.52. The first-order valence-electron chi connectivity index (χ1n) is 6.75. The number of anilines is 1. The molecule has 1 aliphatic heterocycles. The minimum absolute atomic E-state index is 0.418. The van der Waals surface area contributed by atoms with E-state index in [2.05, 4.69) is 0 Å². The first-order chi connectivity index (χ1) is 9.18. The molecule has 1 fully saturated rings. The molecule has 6 heteroatoms. The molecule has 110 valence electrons. The predicted octanol–water partition coefficient (Wildman–Crippen LogP) is 2.62. The van der Waals surface area contributed by atoms with Crippen LogP contribution in [0, 0.1) is 0 Å². The van der Waals surface area contributed by atoms with Crippen LogP contribution in [0.25, 0.3) is 0 Å². The Hall–Kier alpha value is -0.905. The van der Waals surface area contributed by atoms with Crippen LogP contribution < -0.4 is 15.9 Å². The Morgan fingerprint density at radius 3 is 2.25 bits per heavy atom. The number of nitrogen functional groups attached to an aromatic ring is 1. The van der Waals surface area contributed by atoms with Crippen molar-refractivity contribution >= 4 is 29.9 Å². The van der Waals surface area contributed by atoms with Crippen molar-refractivity contribution in [2.45, 2.75) is 45.8 Å². The molecular formula is C14H21BClNO3. The third-order valence-electron chi connectivity index (χ3n) is 3.89. The van der Waals surface area contributed by atoms with Gasteiger partial charge in [-0.25, -0.2) is 0 Å². The summed E-state index contributed by atoms with van der Waals surface area (Å²) in [5.41, 5.74) is 6.33. The molecule has 0 unspecified atom stereocenters. The van der Waals surface area contributed by atoms with Crippen molar-refractivity contribution in [2.75, 3.05) is 12.3 Å². The molecule has 0 radical (unpaired) electrons. The maximum Gasteiger partial charge on any atom is 0.498 e. The fourth-order valence-electron chi connectivity index (χ4n) is 2.08. The van der Waals surface area contributed by atoms with Gasteiger partial charge in [0, 0.05) is 11.2 Å². The lowest BCUT2D eigenvalue weighted by atomic mass is 9.78. The molecule has 0 atom stereocenters. The average molecular weight is 298 g/mol. The van der Waals surface area contributed by atoms with Crippen molar-refractivity contribution < 1.29 is 14.0 Å². The summed E-state index contributed by atoms with van der Waals surface area (Å²) in [4.78, 5) is 0. The zero-order chi connectivity index (χ0) is 15.1. The van der Waals surface area contributed by atoms with E-state index in [1.54, 1.807) is 12.1 Å². The van der Waals surface area contributed by atoms with E-state index in [1.807, 2.05) is 34.6 Å². The normalized spacial score (nSPS) is 20.2. The summed E-state index contributed by atoms with van der Waals surface area (Å²) >= 11 is 6.22. The van der Waals surface area contributed by atoms with Crippen molar-refractivity contribution in [1.82, 2.24) is 0 Å². The number of rotatable bonds is 3. The predicted molar refractivity (Wildman–Crippen MR) is 82.7 cm³/mol. The maximum atomic E-state index is 6.22. The minimum atomic E-state index is -0.539. The van der Waals surface area contributed by atoms with Crippen LogP contribution in [0.4, 0.5) is 5.69 Å². The Kier molecular flexibility index (Phi) is 3.97. The van der Waals surface area contributed by atoms with Gasteiger partial charge in [-0.2, -0.15) is 0 Å². The number of nitrogens with two attached hydrogens (primary N) is 1. The lowest BCUT2D eigenvalue weighted by Crippen LogP contribution is -2.41. The molecule has 2 N–H and O–H groups in total. The van der Waals surface area contributed by atoms with Gasteiger partial charge < -0.3 is 19.8 Å². The molecule has 1 saturated heterocycles. The molecule has 0 amide bonds. The summed E-state index contributed by atoms with van der Waals surface area (Å²) in [7, 11) is -0.539. The van der Waals surface area contributed by atoms with Crippen molar-refractivity contribution in [2.24, 2.45) is 0 Å². The Bertz CT molecular complexity index is 503. The van der Waals surface area contributed by atoms with E-state index in [0.717, 1.165) is 5.46 Å². The highest BCUT2D eigenvalue weighted by atomic mass is 35.5. The van der Waals surface area contributed by atoms with E-state index >= 15 is 0 Å². The van der Waals surface area contributed by atoms with E-state index in [-0.39, 0.29) is 0 Å². The third-order valence-corrected chi connectivity index (χ3v) is 4.17. The lowest BCUT2D eigenvalue weighted by Gasteiger charge is -2.32. The number of hydrogen-bond acceptors (Lipinski definition) is 4. The minimum Gasteiger partial charge on any atom is -0.493 e.